The van der Waals surface area contributed by atoms with Crippen molar-refractivity contribution in [2.24, 2.45) is 0 Å². The van der Waals surface area contributed by atoms with Gasteiger partial charge in [-0.2, -0.15) is 0 Å². The molecule has 0 spiro atoms. The van der Waals surface area contributed by atoms with Gasteiger partial charge >= 0.3 is 0 Å². The standard InChI is InChI=1S/C14H22ClN3/c1-2-7-13-12(10-15)11-16-14(17-13)18-8-5-3-4-6-9-18/h11H,2-10H2,1H3. The van der Waals surface area contributed by atoms with E-state index in [2.05, 4.69) is 16.8 Å². The normalized spacial score (nSPS) is 16.7. The summed E-state index contributed by atoms with van der Waals surface area (Å²) in [5.74, 6) is 1.41. The number of anilines is 1. The van der Waals surface area contributed by atoms with Gasteiger partial charge in [0.25, 0.3) is 0 Å². The minimum atomic E-state index is 0.510. The summed E-state index contributed by atoms with van der Waals surface area (Å²) < 4.78 is 0. The van der Waals surface area contributed by atoms with Gasteiger partial charge in [-0.1, -0.05) is 26.2 Å². The van der Waals surface area contributed by atoms with Crippen molar-refractivity contribution >= 4 is 17.5 Å². The molecule has 1 aliphatic rings. The molecule has 0 aliphatic carbocycles. The van der Waals surface area contributed by atoms with Crippen molar-refractivity contribution in [2.75, 3.05) is 18.0 Å². The number of aromatic nitrogens is 2. The van der Waals surface area contributed by atoms with Crippen LogP contribution in [0.25, 0.3) is 0 Å². The van der Waals surface area contributed by atoms with Crippen LogP contribution in [0.3, 0.4) is 0 Å². The van der Waals surface area contributed by atoms with E-state index >= 15 is 0 Å². The Balaban J connectivity index is 2.18. The van der Waals surface area contributed by atoms with Crippen LogP contribution in [0, 0.1) is 0 Å². The number of hydrogen-bond donors (Lipinski definition) is 0. The number of nitrogens with zero attached hydrogens (tertiary/aromatic N) is 3. The summed E-state index contributed by atoms with van der Waals surface area (Å²) in [6, 6.07) is 0. The van der Waals surface area contributed by atoms with Gasteiger partial charge in [0.2, 0.25) is 5.95 Å². The molecule has 1 aromatic rings. The first kappa shape index (κ1) is 13.6. The molecule has 100 valence electrons. The van der Waals surface area contributed by atoms with Crippen LogP contribution in [-0.4, -0.2) is 23.1 Å². The molecule has 0 aromatic carbocycles. The summed E-state index contributed by atoms with van der Waals surface area (Å²) in [6.07, 6.45) is 9.17. The summed E-state index contributed by atoms with van der Waals surface area (Å²) in [7, 11) is 0. The maximum Gasteiger partial charge on any atom is 0.225 e. The second kappa shape index (κ2) is 6.93. The third-order valence-electron chi connectivity index (χ3n) is 3.46. The van der Waals surface area contributed by atoms with E-state index in [4.69, 9.17) is 16.6 Å². The van der Waals surface area contributed by atoms with Gasteiger partial charge < -0.3 is 4.90 Å². The SMILES string of the molecule is CCCc1nc(N2CCCCCC2)ncc1CCl. The van der Waals surface area contributed by atoms with E-state index in [1.807, 2.05) is 6.20 Å². The Morgan fingerprint density at radius 3 is 2.56 bits per heavy atom. The summed E-state index contributed by atoms with van der Waals surface area (Å²) >= 11 is 5.94. The fraction of sp³-hybridized carbons (Fsp3) is 0.714. The average molecular weight is 268 g/mol. The molecule has 2 heterocycles. The van der Waals surface area contributed by atoms with E-state index in [0.717, 1.165) is 43.1 Å². The Kier molecular flexibility index (Phi) is 5.24. The van der Waals surface area contributed by atoms with E-state index in [1.54, 1.807) is 0 Å². The highest BCUT2D eigenvalue weighted by Gasteiger charge is 2.14. The van der Waals surface area contributed by atoms with Crippen molar-refractivity contribution in [3.05, 3.63) is 17.5 Å². The van der Waals surface area contributed by atoms with Crippen LogP contribution in [0.4, 0.5) is 5.95 Å². The highest BCUT2D eigenvalue weighted by Crippen LogP contribution is 2.18. The van der Waals surface area contributed by atoms with Gasteiger partial charge in [0.05, 0.1) is 11.6 Å². The van der Waals surface area contributed by atoms with E-state index in [0.29, 0.717) is 5.88 Å². The maximum atomic E-state index is 5.94. The van der Waals surface area contributed by atoms with Crippen LogP contribution in [0.15, 0.2) is 6.20 Å². The Bertz CT molecular complexity index is 373. The second-order valence-electron chi connectivity index (χ2n) is 4.93. The topological polar surface area (TPSA) is 29.0 Å². The van der Waals surface area contributed by atoms with Gasteiger partial charge in [0.15, 0.2) is 0 Å². The molecule has 0 unspecified atom stereocenters. The van der Waals surface area contributed by atoms with Gasteiger partial charge in [0.1, 0.15) is 0 Å². The molecule has 0 amide bonds. The summed E-state index contributed by atoms with van der Waals surface area (Å²) in [5, 5.41) is 0. The molecular formula is C14H22ClN3. The van der Waals surface area contributed by atoms with Crippen LogP contribution in [0.1, 0.15) is 50.3 Å². The van der Waals surface area contributed by atoms with E-state index in [9.17, 15) is 0 Å². The average Bonchev–Trinajstić information content (AvgIpc) is 2.68. The van der Waals surface area contributed by atoms with Crippen molar-refractivity contribution in [1.29, 1.82) is 0 Å². The van der Waals surface area contributed by atoms with Crippen LogP contribution in [0.5, 0.6) is 0 Å². The fourth-order valence-electron chi connectivity index (χ4n) is 2.42. The predicted molar refractivity (Wildman–Crippen MR) is 76.3 cm³/mol. The Labute approximate surface area is 115 Å². The van der Waals surface area contributed by atoms with Crippen molar-refractivity contribution in [3.63, 3.8) is 0 Å². The largest absolute Gasteiger partial charge is 0.341 e. The lowest BCUT2D eigenvalue weighted by Crippen LogP contribution is -2.26. The van der Waals surface area contributed by atoms with Gasteiger partial charge in [-0.25, -0.2) is 9.97 Å². The zero-order chi connectivity index (χ0) is 12.8. The van der Waals surface area contributed by atoms with Crippen LogP contribution < -0.4 is 4.90 Å². The molecule has 0 N–H and O–H groups in total. The molecule has 18 heavy (non-hydrogen) atoms. The lowest BCUT2D eigenvalue weighted by molar-refractivity contribution is 0.726. The summed E-state index contributed by atoms with van der Waals surface area (Å²) in [4.78, 5) is 11.5. The Morgan fingerprint density at radius 2 is 1.94 bits per heavy atom. The van der Waals surface area contributed by atoms with E-state index in [-0.39, 0.29) is 0 Å². The van der Waals surface area contributed by atoms with Gasteiger partial charge in [0, 0.05) is 24.8 Å². The molecule has 2 rings (SSSR count). The van der Waals surface area contributed by atoms with Crippen LogP contribution in [0.2, 0.25) is 0 Å². The molecule has 0 saturated carbocycles. The number of aryl methyl sites for hydroxylation is 1. The molecule has 0 radical (unpaired) electrons. The van der Waals surface area contributed by atoms with Crippen LogP contribution in [-0.2, 0) is 12.3 Å². The number of alkyl halides is 1. The Hall–Kier alpha value is -0.830. The fourth-order valence-corrected chi connectivity index (χ4v) is 2.64. The number of hydrogen-bond acceptors (Lipinski definition) is 3. The van der Waals surface area contributed by atoms with Crippen molar-refractivity contribution in [1.82, 2.24) is 9.97 Å². The molecule has 1 aromatic heterocycles. The molecule has 1 aliphatic heterocycles. The minimum absolute atomic E-state index is 0.510. The monoisotopic (exact) mass is 267 g/mol. The quantitative estimate of drug-likeness (QED) is 0.782. The first-order valence-corrected chi connectivity index (χ1v) is 7.54. The van der Waals surface area contributed by atoms with E-state index < -0.39 is 0 Å². The highest BCUT2D eigenvalue weighted by molar-refractivity contribution is 6.17. The molecule has 0 bridgehead atoms. The zero-order valence-corrected chi connectivity index (χ0v) is 11.9. The van der Waals surface area contributed by atoms with Gasteiger partial charge in [-0.3, -0.25) is 0 Å². The maximum absolute atomic E-state index is 5.94. The summed E-state index contributed by atoms with van der Waals surface area (Å²) in [5.41, 5.74) is 2.21. The molecule has 3 nitrogen and oxygen atoms in total. The number of halogens is 1. The van der Waals surface area contributed by atoms with E-state index in [1.165, 1.54) is 25.7 Å². The zero-order valence-electron chi connectivity index (χ0n) is 11.2. The highest BCUT2D eigenvalue weighted by atomic mass is 35.5. The Morgan fingerprint density at radius 1 is 1.22 bits per heavy atom. The minimum Gasteiger partial charge on any atom is -0.341 e. The molecule has 1 saturated heterocycles. The van der Waals surface area contributed by atoms with Crippen molar-refractivity contribution in [2.45, 2.75) is 51.3 Å². The van der Waals surface area contributed by atoms with Crippen molar-refractivity contribution < 1.29 is 0 Å². The number of rotatable bonds is 4. The molecular weight excluding hydrogens is 246 g/mol. The van der Waals surface area contributed by atoms with Gasteiger partial charge in [-0.05, 0) is 19.3 Å². The predicted octanol–water partition coefficient (Wildman–Crippen LogP) is 3.55. The smallest absolute Gasteiger partial charge is 0.225 e. The molecule has 4 heteroatoms. The first-order valence-electron chi connectivity index (χ1n) is 7.01. The summed E-state index contributed by atoms with van der Waals surface area (Å²) in [6.45, 7) is 4.35. The third kappa shape index (κ3) is 3.35. The molecule has 0 atom stereocenters. The lowest BCUT2D eigenvalue weighted by Gasteiger charge is -2.21. The van der Waals surface area contributed by atoms with Crippen molar-refractivity contribution in [3.8, 4) is 0 Å². The third-order valence-corrected chi connectivity index (χ3v) is 3.75. The lowest BCUT2D eigenvalue weighted by atomic mass is 10.2. The second-order valence-corrected chi connectivity index (χ2v) is 5.19. The first-order chi connectivity index (χ1) is 8.85. The van der Waals surface area contributed by atoms with Gasteiger partial charge in [-0.15, -0.1) is 11.6 Å². The van der Waals surface area contributed by atoms with Crippen LogP contribution >= 0.6 is 11.6 Å². The molecule has 1 fully saturated rings.